The molecule has 1 atom stereocenters. The largest absolute Gasteiger partial charge is 0.457 e. The molecule has 4 aromatic rings. The lowest BCUT2D eigenvalue weighted by atomic mass is 10.0. The summed E-state index contributed by atoms with van der Waals surface area (Å²) < 4.78 is 21.2. The molecular weight excluding hydrogens is 631 g/mol. The first kappa shape index (κ1) is 31.6. The molecule has 0 saturated carbocycles. The zero-order valence-corrected chi connectivity index (χ0v) is 26.2. The minimum Gasteiger partial charge on any atom is -0.457 e. The third-order valence-corrected chi connectivity index (χ3v) is 8.91. The Hall–Kier alpha value is -5.95. The number of anilines is 1. The zero-order chi connectivity index (χ0) is 34.2. The molecular formula is C36H31FN6O6. The number of nitrogens with two attached hydrogens (primary N) is 1. The van der Waals surface area contributed by atoms with Crippen molar-refractivity contribution in [3.63, 3.8) is 0 Å². The molecule has 12 nitrogen and oxygen atoms in total. The number of rotatable bonds is 8. The summed E-state index contributed by atoms with van der Waals surface area (Å²) in [6.45, 7) is 2.68. The Balaban J connectivity index is 1.03. The van der Waals surface area contributed by atoms with Gasteiger partial charge < -0.3 is 15.4 Å². The number of halogens is 1. The van der Waals surface area contributed by atoms with Crippen LogP contribution in [0.4, 0.5) is 10.2 Å². The molecule has 2 fully saturated rings. The highest BCUT2D eigenvalue weighted by Gasteiger charge is 2.46. The number of carbonyl (C=O) groups is 5. The zero-order valence-electron chi connectivity index (χ0n) is 26.2. The van der Waals surface area contributed by atoms with Gasteiger partial charge in [0.1, 0.15) is 29.2 Å². The standard InChI is InChI=1S/C36H31FN6O6/c37-27-19-21(18-26-31(27)36(48)43(35(26)47)28-11-13-30(44)40-34(28)46)20-41-14-16-42(17-15-41)29-12-10-25(33(38)45)32(39-29)22-6-8-24(9-7-22)49-23-4-2-1-3-5-23/h1-10,12,18-19,28H,11,13-17,20H2,(H2,38,45)(H,40,44,46). The predicted octanol–water partition coefficient (Wildman–Crippen LogP) is 3.50. The summed E-state index contributed by atoms with van der Waals surface area (Å²) in [6, 6.07) is 21.7. The minimum atomic E-state index is -1.17. The Morgan fingerprint density at radius 3 is 2.31 bits per heavy atom. The van der Waals surface area contributed by atoms with Crippen LogP contribution in [0.5, 0.6) is 11.5 Å². The molecule has 7 rings (SSSR count). The van der Waals surface area contributed by atoms with Crippen molar-refractivity contribution in [3.8, 4) is 22.8 Å². The van der Waals surface area contributed by atoms with E-state index in [9.17, 15) is 24.0 Å². The molecule has 2 saturated heterocycles. The van der Waals surface area contributed by atoms with Gasteiger partial charge >= 0.3 is 0 Å². The average molecular weight is 663 g/mol. The van der Waals surface area contributed by atoms with Gasteiger partial charge in [-0.25, -0.2) is 9.37 Å². The first-order chi connectivity index (χ1) is 23.7. The predicted molar refractivity (Wildman–Crippen MR) is 175 cm³/mol. The fraction of sp³-hybridized carbons (Fsp3) is 0.222. The Kier molecular flexibility index (Phi) is 8.34. The van der Waals surface area contributed by atoms with E-state index in [0.29, 0.717) is 72.4 Å². The number of fused-ring (bicyclic) bond motifs is 1. The van der Waals surface area contributed by atoms with Crippen LogP contribution < -0.4 is 20.7 Å². The van der Waals surface area contributed by atoms with Gasteiger partial charge in [-0.2, -0.15) is 0 Å². The average Bonchev–Trinajstić information content (AvgIpc) is 3.34. The van der Waals surface area contributed by atoms with E-state index in [2.05, 4.69) is 15.1 Å². The number of aromatic nitrogens is 1. The molecule has 3 N–H and O–H groups in total. The first-order valence-electron chi connectivity index (χ1n) is 15.8. The molecule has 3 aliphatic rings. The fourth-order valence-corrected chi connectivity index (χ4v) is 6.44. The Labute approximate surface area is 280 Å². The second-order valence-electron chi connectivity index (χ2n) is 12.1. The number of benzene rings is 3. The lowest BCUT2D eigenvalue weighted by Crippen LogP contribution is -2.54. The number of imide groups is 2. The van der Waals surface area contributed by atoms with Crippen LogP contribution in [0.1, 0.15) is 49.5 Å². The molecule has 0 radical (unpaired) electrons. The minimum absolute atomic E-state index is 0.00745. The van der Waals surface area contributed by atoms with E-state index in [1.165, 1.54) is 12.1 Å². The van der Waals surface area contributed by atoms with Gasteiger partial charge in [-0.05, 0) is 72.6 Å². The number of nitrogens with one attached hydrogen (secondary N) is 1. The molecule has 3 aliphatic heterocycles. The molecule has 4 heterocycles. The van der Waals surface area contributed by atoms with Gasteiger partial charge in [0.05, 0.1) is 22.4 Å². The van der Waals surface area contributed by atoms with Crippen LogP contribution in [0.2, 0.25) is 0 Å². The van der Waals surface area contributed by atoms with E-state index in [1.807, 2.05) is 42.5 Å². The number of piperazine rings is 1. The highest BCUT2D eigenvalue weighted by atomic mass is 19.1. The van der Waals surface area contributed by atoms with Crippen molar-refractivity contribution in [2.24, 2.45) is 5.73 Å². The number of pyridine rings is 1. The van der Waals surface area contributed by atoms with Gasteiger partial charge in [0.15, 0.2) is 0 Å². The van der Waals surface area contributed by atoms with Gasteiger partial charge in [-0.3, -0.25) is 39.1 Å². The topological polar surface area (TPSA) is 155 Å². The molecule has 1 aromatic heterocycles. The number of para-hydroxylation sites is 1. The van der Waals surface area contributed by atoms with Gasteiger partial charge in [0.25, 0.3) is 17.7 Å². The summed E-state index contributed by atoms with van der Waals surface area (Å²) >= 11 is 0. The number of piperidine rings is 1. The number of nitrogens with zero attached hydrogens (tertiary/aromatic N) is 4. The molecule has 1 unspecified atom stereocenters. The smallest absolute Gasteiger partial charge is 0.265 e. The number of carbonyl (C=O) groups excluding carboxylic acids is 5. The lowest BCUT2D eigenvalue weighted by molar-refractivity contribution is -0.136. The quantitative estimate of drug-likeness (QED) is 0.270. The van der Waals surface area contributed by atoms with E-state index in [1.54, 1.807) is 24.3 Å². The lowest BCUT2D eigenvalue weighted by Gasteiger charge is -2.35. The molecule has 49 heavy (non-hydrogen) atoms. The van der Waals surface area contributed by atoms with Crippen LogP contribution in [0.15, 0.2) is 78.9 Å². The number of hydrogen-bond acceptors (Lipinski definition) is 9. The van der Waals surface area contributed by atoms with Crippen molar-refractivity contribution in [2.45, 2.75) is 25.4 Å². The second-order valence-corrected chi connectivity index (χ2v) is 12.1. The molecule has 0 bridgehead atoms. The first-order valence-corrected chi connectivity index (χ1v) is 15.8. The van der Waals surface area contributed by atoms with Gasteiger partial charge in [-0.1, -0.05) is 18.2 Å². The maximum atomic E-state index is 15.3. The van der Waals surface area contributed by atoms with Crippen LogP contribution in [0, 0.1) is 5.82 Å². The summed E-state index contributed by atoms with van der Waals surface area (Å²) in [4.78, 5) is 72.3. The van der Waals surface area contributed by atoms with E-state index >= 15 is 4.39 Å². The number of primary amides is 1. The summed E-state index contributed by atoms with van der Waals surface area (Å²) in [7, 11) is 0. The fourth-order valence-electron chi connectivity index (χ4n) is 6.44. The van der Waals surface area contributed by atoms with E-state index in [0.717, 1.165) is 4.90 Å². The monoisotopic (exact) mass is 662 g/mol. The molecule has 13 heteroatoms. The van der Waals surface area contributed by atoms with Gasteiger partial charge in [-0.15, -0.1) is 0 Å². The number of amides is 5. The highest BCUT2D eigenvalue weighted by molar-refractivity contribution is 6.23. The molecule has 248 valence electrons. The van der Waals surface area contributed by atoms with Crippen molar-refractivity contribution in [3.05, 3.63) is 107 Å². The van der Waals surface area contributed by atoms with E-state index in [4.69, 9.17) is 15.5 Å². The van der Waals surface area contributed by atoms with Crippen molar-refractivity contribution in [1.29, 1.82) is 0 Å². The van der Waals surface area contributed by atoms with Crippen molar-refractivity contribution in [1.82, 2.24) is 20.1 Å². The van der Waals surface area contributed by atoms with Crippen LogP contribution in [0.25, 0.3) is 11.3 Å². The van der Waals surface area contributed by atoms with Gasteiger partial charge in [0.2, 0.25) is 11.8 Å². The summed E-state index contributed by atoms with van der Waals surface area (Å²) in [5.41, 5.74) is 7.22. The number of hydrogen-bond donors (Lipinski definition) is 2. The van der Waals surface area contributed by atoms with Crippen LogP contribution in [0.3, 0.4) is 0 Å². The van der Waals surface area contributed by atoms with E-state index in [-0.39, 0.29) is 24.0 Å². The SMILES string of the molecule is NC(=O)c1ccc(N2CCN(Cc3cc(F)c4c(c3)C(=O)N(C3CCC(=O)NC3=O)C4=O)CC2)nc1-c1ccc(Oc2ccccc2)cc1. The molecule has 0 spiro atoms. The van der Waals surface area contributed by atoms with Crippen molar-refractivity contribution < 1.29 is 33.1 Å². The Morgan fingerprint density at radius 2 is 1.61 bits per heavy atom. The summed E-state index contributed by atoms with van der Waals surface area (Å²) in [5, 5.41) is 2.14. The highest BCUT2D eigenvalue weighted by Crippen LogP contribution is 2.32. The van der Waals surface area contributed by atoms with E-state index < -0.39 is 41.4 Å². The maximum absolute atomic E-state index is 15.3. The summed E-state index contributed by atoms with van der Waals surface area (Å²) in [6.07, 6.45) is -0.0279. The van der Waals surface area contributed by atoms with Crippen molar-refractivity contribution in [2.75, 3.05) is 31.1 Å². The molecule has 3 aromatic carbocycles. The maximum Gasteiger partial charge on any atom is 0.265 e. The molecule has 5 amide bonds. The van der Waals surface area contributed by atoms with Crippen LogP contribution in [-0.2, 0) is 16.1 Å². The normalized spacial score (nSPS) is 18.0. The third kappa shape index (κ3) is 6.23. The van der Waals surface area contributed by atoms with Gasteiger partial charge in [0, 0.05) is 44.7 Å². The Morgan fingerprint density at radius 1 is 0.898 bits per heavy atom. The summed E-state index contributed by atoms with van der Waals surface area (Å²) in [5.74, 6) is -2.27. The van der Waals surface area contributed by atoms with Crippen LogP contribution in [-0.4, -0.2) is 76.5 Å². The number of ether oxygens (including phenoxy) is 1. The third-order valence-electron chi connectivity index (χ3n) is 8.91. The Bertz CT molecular complexity index is 2000. The molecule has 0 aliphatic carbocycles. The second kappa shape index (κ2) is 12.9. The van der Waals surface area contributed by atoms with Crippen LogP contribution >= 0.6 is 0 Å². The van der Waals surface area contributed by atoms with Crippen molar-refractivity contribution >= 4 is 35.4 Å².